The molecule has 2 heterocycles. The smallest absolute Gasteiger partial charge is 0.311 e. The molecule has 2 aromatic rings. The molecule has 0 saturated carbocycles. The summed E-state index contributed by atoms with van der Waals surface area (Å²) in [6.45, 7) is 1.76. The lowest BCUT2D eigenvalue weighted by Gasteiger charge is -2.06. The summed E-state index contributed by atoms with van der Waals surface area (Å²) in [7, 11) is 0. The van der Waals surface area contributed by atoms with Crippen molar-refractivity contribution >= 4 is 29.4 Å². The summed E-state index contributed by atoms with van der Waals surface area (Å²) in [6, 6.07) is 6.49. The number of nitro groups is 1. The van der Waals surface area contributed by atoms with Crippen LogP contribution in [-0.4, -0.2) is 14.9 Å². The third-order valence-electron chi connectivity index (χ3n) is 2.28. The monoisotopic (exact) mass is 262 g/mol. The zero-order valence-electron chi connectivity index (χ0n) is 9.51. The normalized spacial score (nSPS) is 10.1. The highest BCUT2D eigenvalue weighted by atomic mass is 32.1. The zero-order valence-corrected chi connectivity index (χ0v) is 10.3. The van der Waals surface area contributed by atoms with Crippen LogP contribution in [0.1, 0.15) is 5.69 Å². The third-order valence-corrected chi connectivity index (χ3v) is 2.62. The van der Waals surface area contributed by atoms with Crippen LogP contribution in [0.4, 0.5) is 17.2 Å². The van der Waals surface area contributed by atoms with Gasteiger partial charge in [-0.3, -0.25) is 10.1 Å². The molecule has 0 saturated heterocycles. The van der Waals surface area contributed by atoms with Crippen LogP contribution < -0.4 is 5.32 Å². The first-order valence-electron chi connectivity index (χ1n) is 5.14. The maximum atomic E-state index is 10.9. The van der Waals surface area contributed by atoms with Crippen molar-refractivity contribution in [2.45, 2.75) is 6.92 Å². The molecule has 0 spiro atoms. The number of aromatic amines is 1. The fourth-order valence-corrected chi connectivity index (χ4v) is 1.62. The minimum atomic E-state index is -0.482. The molecule has 0 aliphatic heterocycles. The van der Waals surface area contributed by atoms with Gasteiger partial charge in [-0.1, -0.05) is 12.2 Å². The number of aromatic nitrogens is 2. The van der Waals surface area contributed by atoms with Gasteiger partial charge in [0.2, 0.25) is 5.82 Å². The number of hydrogen-bond donors (Lipinski definition) is 2. The number of H-pyrrole nitrogens is 1. The van der Waals surface area contributed by atoms with Gasteiger partial charge in [0.15, 0.2) is 0 Å². The van der Waals surface area contributed by atoms with Crippen molar-refractivity contribution in [3.8, 4) is 0 Å². The maximum Gasteiger partial charge on any atom is 0.311 e. The Labute approximate surface area is 108 Å². The lowest BCUT2D eigenvalue weighted by Crippen LogP contribution is -2.01. The quantitative estimate of drug-likeness (QED) is 0.504. The van der Waals surface area contributed by atoms with Gasteiger partial charge in [-0.05, 0) is 25.1 Å². The molecule has 0 aliphatic carbocycles. The van der Waals surface area contributed by atoms with Crippen molar-refractivity contribution in [2.24, 2.45) is 0 Å². The molecule has 0 bridgehead atoms. The van der Waals surface area contributed by atoms with Gasteiger partial charge in [0, 0.05) is 18.0 Å². The Balaban J connectivity index is 2.46. The average molecular weight is 262 g/mol. The predicted octanol–water partition coefficient (Wildman–Crippen LogP) is 3.10. The van der Waals surface area contributed by atoms with Crippen LogP contribution in [0.2, 0.25) is 0 Å². The number of aryl methyl sites for hydroxylation is 1. The molecule has 0 aliphatic rings. The van der Waals surface area contributed by atoms with E-state index in [2.05, 4.69) is 15.3 Å². The standard InChI is InChI=1S/C11H10N4O2S/c1-7-4-5-9(15(16)17)10(13-7)14-8-3-2-6-12-11(8)18/h2-6H,1H3,(H,12,18)(H,13,14). The molecule has 2 aromatic heterocycles. The molecular weight excluding hydrogens is 252 g/mol. The van der Waals surface area contributed by atoms with Crippen molar-refractivity contribution in [3.63, 3.8) is 0 Å². The predicted molar refractivity (Wildman–Crippen MR) is 70.5 cm³/mol. The second-order valence-corrected chi connectivity index (χ2v) is 4.02. The molecule has 0 amide bonds. The molecule has 18 heavy (non-hydrogen) atoms. The van der Waals surface area contributed by atoms with E-state index < -0.39 is 4.92 Å². The summed E-state index contributed by atoms with van der Waals surface area (Å²) in [5, 5.41) is 13.8. The topological polar surface area (TPSA) is 83.9 Å². The Kier molecular flexibility index (Phi) is 3.33. The van der Waals surface area contributed by atoms with Crippen LogP contribution in [-0.2, 0) is 0 Å². The van der Waals surface area contributed by atoms with Crippen molar-refractivity contribution in [3.05, 3.63) is 50.9 Å². The number of anilines is 2. The van der Waals surface area contributed by atoms with Crippen molar-refractivity contribution in [2.75, 3.05) is 5.32 Å². The van der Waals surface area contributed by atoms with E-state index in [1.165, 1.54) is 6.07 Å². The molecule has 0 fully saturated rings. The van der Waals surface area contributed by atoms with Gasteiger partial charge in [0.05, 0.1) is 10.6 Å². The summed E-state index contributed by atoms with van der Waals surface area (Å²) < 4.78 is 0.468. The fraction of sp³-hybridized carbons (Fsp3) is 0.0909. The summed E-state index contributed by atoms with van der Waals surface area (Å²) >= 11 is 5.08. The fourth-order valence-electron chi connectivity index (χ4n) is 1.44. The minimum Gasteiger partial charge on any atom is -0.351 e. The van der Waals surface area contributed by atoms with Crippen LogP contribution in [0.5, 0.6) is 0 Å². The van der Waals surface area contributed by atoms with Gasteiger partial charge in [0.1, 0.15) is 4.64 Å². The molecule has 92 valence electrons. The Morgan fingerprint density at radius 1 is 1.44 bits per heavy atom. The SMILES string of the molecule is Cc1ccc([N+](=O)[O-])c(Nc2ccc[nH]c2=S)n1. The van der Waals surface area contributed by atoms with E-state index in [0.29, 0.717) is 16.0 Å². The van der Waals surface area contributed by atoms with E-state index in [1.54, 1.807) is 31.3 Å². The second kappa shape index (κ2) is 4.92. The highest BCUT2D eigenvalue weighted by Crippen LogP contribution is 2.25. The first-order chi connectivity index (χ1) is 8.58. The lowest BCUT2D eigenvalue weighted by molar-refractivity contribution is -0.384. The van der Waals surface area contributed by atoms with Gasteiger partial charge in [0.25, 0.3) is 0 Å². The summed E-state index contributed by atoms with van der Waals surface area (Å²) in [6.07, 6.45) is 1.69. The Hall–Kier alpha value is -2.28. The van der Waals surface area contributed by atoms with Gasteiger partial charge in [-0.2, -0.15) is 0 Å². The molecule has 0 unspecified atom stereocenters. The number of hydrogen-bond acceptors (Lipinski definition) is 5. The van der Waals surface area contributed by atoms with Gasteiger partial charge < -0.3 is 10.3 Å². The number of nitrogens with zero attached hydrogens (tertiary/aromatic N) is 2. The second-order valence-electron chi connectivity index (χ2n) is 3.62. The molecule has 0 aromatic carbocycles. The molecule has 7 heteroatoms. The maximum absolute atomic E-state index is 10.9. The van der Waals surface area contributed by atoms with Crippen LogP contribution in [0.15, 0.2) is 30.5 Å². The van der Waals surface area contributed by atoms with Gasteiger partial charge in [-0.15, -0.1) is 0 Å². The highest BCUT2D eigenvalue weighted by molar-refractivity contribution is 7.71. The van der Waals surface area contributed by atoms with Crippen LogP contribution in [0.25, 0.3) is 0 Å². The molecule has 0 radical (unpaired) electrons. The largest absolute Gasteiger partial charge is 0.351 e. The molecular formula is C11H10N4O2S. The van der Waals surface area contributed by atoms with E-state index in [1.807, 2.05) is 0 Å². The third kappa shape index (κ3) is 2.51. The van der Waals surface area contributed by atoms with Gasteiger partial charge >= 0.3 is 5.69 Å². The van der Waals surface area contributed by atoms with Crippen molar-refractivity contribution in [1.29, 1.82) is 0 Å². The lowest BCUT2D eigenvalue weighted by atomic mass is 10.3. The number of pyridine rings is 2. The Morgan fingerprint density at radius 3 is 2.89 bits per heavy atom. The van der Waals surface area contributed by atoms with Gasteiger partial charge in [-0.25, -0.2) is 4.98 Å². The summed E-state index contributed by atoms with van der Waals surface area (Å²) in [5.74, 6) is 0.186. The molecule has 2 rings (SSSR count). The van der Waals surface area contributed by atoms with E-state index in [0.717, 1.165) is 0 Å². The summed E-state index contributed by atoms with van der Waals surface area (Å²) in [4.78, 5) is 17.4. The number of nitrogens with one attached hydrogen (secondary N) is 2. The van der Waals surface area contributed by atoms with Crippen LogP contribution in [0.3, 0.4) is 0 Å². The molecule has 2 N–H and O–H groups in total. The first-order valence-corrected chi connectivity index (χ1v) is 5.55. The van der Waals surface area contributed by atoms with E-state index in [4.69, 9.17) is 12.2 Å². The first kappa shape index (κ1) is 12.2. The van der Waals surface area contributed by atoms with E-state index in [-0.39, 0.29) is 11.5 Å². The molecule has 0 atom stereocenters. The Morgan fingerprint density at radius 2 is 2.22 bits per heavy atom. The zero-order chi connectivity index (χ0) is 13.1. The highest BCUT2D eigenvalue weighted by Gasteiger charge is 2.15. The average Bonchev–Trinajstić information content (AvgIpc) is 2.32. The molecule has 6 nitrogen and oxygen atoms in total. The number of rotatable bonds is 3. The van der Waals surface area contributed by atoms with Crippen LogP contribution in [0, 0.1) is 21.7 Å². The van der Waals surface area contributed by atoms with Crippen LogP contribution >= 0.6 is 12.2 Å². The minimum absolute atomic E-state index is 0.0844. The van der Waals surface area contributed by atoms with Crippen molar-refractivity contribution < 1.29 is 4.92 Å². The summed E-state index contributed by atoms with van der Waals surface area (Å²) in [5.41, 5.74) is 1.18. The van der Waals surface area contributed by atoms with E-state index >= 15 is 0 Å². The Bertz CT molecular complexity index is 653. The van der Waals surface area contributed by atoms with E-state index in [9.17, 15) is 10.1 Å². The van der Waals surface area contributed by atoms with Crippen molar-refractivity contribution in [1.82, 2.24) is 9.97 Å².